The van der Waals surface area contributed by atoms with E-state index in [2.05, 4.69) is 10.3 Å². The molecule has 0 unspecified atom stereocenters. The first kappa shape index (κ1) is 14.5. The molecule has 6 heteroatoms. The lowest BCUT2D eigenvalue weighted by Crippen LogP contribution is -2.48. The molecule has 2 atom stereocenters. The molecule has 2 saturated heterocycles. The Morgan fingerprint density at radius 1 is 1.43 bits per heavy atom. The van der Waals surface area contributed by atoms with E-state index >= 15 is 0 Å². The molecule has 2 aliphatic heterocycles. The predicted octanol–water partition coefficient (Wildman–Crippen LogP) is 2.63. The van der Waals surface area contributed by atoms with Crippen molar-refractivity contribution in [3.05, 3.63) is 36.5 Å². The quantitative estimate of drug-likeness (QED) is 0.921. The Kier molecular flexibility index (Phi) is 3.30. The summed E-state index contributed by atoms with van der Waals surface area (Å²) in [5.74, 6) is 0.595. The molecule has 5 nitrogen and oxygen atoms in total. The summed E-state index contributed by atoms with van der Waals surface area (Å²) in [4.78, 5) is 30.7. The second-order valence-electron chi connectivity index (χ2n) is 6.17. The molecule has 0 bridgehead atoms. The number of benzene rings is 1. The van der Waals surface area contributed by atoms with Gasteiger partial charge in [0.05, 0.1) is 22.3 Å². The number of nitrogens with zero attached hydrogens (tertiary/aromatic N) is 2. The van der Waals surface area contributed by atoms with Crippen LogP contribution in [-0.2, 0) is 9.59 Å². The van der Waals surface area contributed by atoms with Crippen molar-refractivity contribution in [3.8, 4) is 0 Å². The van der Waals surface area contributed by atoms with Gasteiger partial charge in [0.1, 0.15) is 6.04 Å². The summed E-state index contributed by atoms with van der Waals surface area (Å²) in [5.41, 5.74) is 1.56. The van der Waals surface area contributed by atoms with Crippen LogP contribution in [-0.4, -0.2) is 38.4 Å². The van der Waals surface area contributed by atoms with Gasteiger partial charge >= 0.3 is 0 Å². The zero-order chi connectivity index (χ0) is 16.0. The number of nitrogens with one attached hydrogen (secondary N) is 1. The highest BCUT2D eigenvalue weighted by atomic mass is 32.2. The number of carbonyl (C=O) groups is 2. The maximum atomic E-state index is 12.6. The molecule has 1 N–H and O–H groups in total. The van der Waals surface area contributed by atoms with Gasteiger partial charge in [-0.3, -0.25) is 14.6 Å². The molecule has 118 valence electrons. The summed E-state index contributed by atoms with van der Waals surface area (Å²) in [6.45, 7) is 2.05. The average Bonchev–Trinajstić information content (AvgIpc) is 3.04. The zero-order valence-corrected chi connectivity index (χ0v) is 13.6. The maximum absolute atomic E-state index is 12.6. The van der Waals surface area contributed by atoms with Gasteiger partial charge in [-0.25, -0.2) is 0 Å². The van der Waals surface area contributed by atoms with Crippen molar-refractivity contribution < 1.29 is 9.59 Å². The molecule has 0 spiro atoms. The zero-order valence-electron chi connectivity index (χ0n) is 12.8. The van der Waals surface area contributed by atoms with Gasteiger partial charge < -0.3 is 10.2 Å². The lowest BCUT2D eigenvalue weighted by Gasteiger charge is -2.29. The first-order chi connectivity index (χ1) is 11.1. The average molecular weight is 327 g/mol. The van der Waals surface area contributed by atoms with E-state index in [9.17, 15) is 9.59 Å². The summed E-state index contributed by atoms with van der Waals surface area (Å²) >= 11 is 1.70. The van der Waals surface area contributed by atoms with Gasteiger partial charge in [0.25, 0.3) is 0 Å². The van der Waals surface area contributed by atoms with Gasteiger partial charge in [-0.1, -0.05) is 18.2 Å². The number of thioether (sulfide) groups is 1. The molecule has 3 heterocycles. The first-order valence-electron chi connectivity index (χ1n) is 7.69. The summed E-state index contributed by atoms with van der Waals surface area (Å²) < 4.78 is 0. The lowest BCUT2D eigenvalue weighted by atomic mass is 10.2. The highest BCUT2D eigenvalue weighted by Gasteiger charge is 2.52. The number of hydrogen-bond acceptors (Lipinski definition) is 4. The van der Waals surface area contributed by atoms with Crippen LogP contribution in [0.25, 0.3) is 10.9 Å². The molecular weight excluding hydrogens is 310 g/mol. The van der Waals surface area contributed by atoms with Crippen LogP contribution in [0, 0.1) is 0 Å². The van der Waals surface area contributed by atoms with Crippen LogP contribution in [0.5, 0.6) is 0 Å². The van der Waals surface area contributed by atoms with Gasteiger partial charge in [0.15, 0.2) is 0 Å². The number of para-hydroxylation sites is 1. The summed E-state index contributed by atoms with van der Waals surface area (Å²) in [5, 5.41) is 3.90. The fourth-order valence-electron chi connectivity index (χ4n) is 3.38. The fraction of sp³-hybridized carbons (Fsp3) is 0.353. The number of fused-ring (bicyclic) bond motifs is 2. The Morgan fingerprint density at radius 3 is 3.13 bits per heavy atom. The van der Waals surface area contributed by atoms with E-state index in [1.165, 1.54) is 0 Å². The Hall–Kier alpha value is -2.08. The van der Waals surface area contributed by atoms with Gasteiger partial charge in [-0.15, -0.1) is 11.8 Å². The molecule has 2 amide bonds. The lowest BCUT2D eigenvalue weighted by molar-refractivity contribution is -0.135. The largest absolute Gasteiger partial charge is 0.323 e. The number of amides is 2. The minimum atomic E-state index is -0.397. The Labute approximate surface area is 138 Å². The van der Waals surface area contributed by atoms with Gasteiger partial charge in [-0.2, -0.15) is 0 Å². The van der Waals surface area contributed by atoms with E-state index in [1.54, 1.807) is 22.9 Å². The molecule has 2 aromatic rings. The third-order valence-corrected chi connectivity index (χ3v) is 6.11. The van der Waals surface area contributed by atoms with Crippen LogP contribution >= 0.6 is 11.8 Å². The number of aromatic nitrogens is 1. The van der Waals surface area contributed by atoms with Crippen LogP contribution in [0.2, 0.25) is 0 Å². The van der Waals surface area contributed by atoms with Crippen molar-refractivity contribution >= 4 is 40.2 Å². The monoisotopic (exact) mass is 327 g/mol. The van der Waals surface area contributed by atoms with Crippen molar-refractivity contribution in [3.63, 3.8) is 0 Å². The van der Waals surface area contributed by atoms with Crippen molar-refractivity contribution in [1.29, 1.82) is 0 Å². The normalized spacial score (nSPS) is 26.6. The molecule has 4 rings (SSSR count). The van der Waals surface area contributed by atoms with Crippen LogP contribution < -0.4 is 5.32 Å². The molecule has 1 aromatic carbocycles. The summed E-state index contributed by atoms with van der Waals surface area (Å²) in [6.07, 6.45) is 3.01. The van der Waals surface area contributed by atoms with E-state index in [-0.39, 0.29) is 16.7 Å². The Bertz CT molecular complexity index is 809. The molecule has 23 heavy (non-hydrogen) atoms. The third kappa shape index (κ3) is 2.37. The third-order valence-electron chi connectivity index (χ3n) is 4.61. The molecule has 2 fully saturated rings. The minimum absolute atomic E-state index is 0.0780. The van der Waals surface area contributed by atoms with Crippen LogP contribution in [0.1, 0.15) is 19.8 Å². The van der Waals surface area contributed by atoms with Crippen molar-refractivity contribution in [1.82, 2.24) is 9.88 Å². The van der Waals surface area contributed by atoms with Gasteiger partial charge in [0, 0.05) is 17.6 Å². The van der Waals surface area contributed by atoms with Crippen molar-refractivity contribution in [2.24, 2.45) is 0 Å². The van der Waals surface area contributed by atoms with Crippen LogP contribution in [0.15, 0.2) is 36.5 Å². The van der Waals surface area contributed by atoms with E-state index in [0.717, 1.165) is 17.3 Å². The number of pyridine rings is 1. The standard InChI is InChI=1S/C17H17N3O2S/c1-17-7-6-15(21)20(17)14(10-23-17)16(22)19-12-8-11-4-2-3-5-13(11)18-9-12/h2-5,8-9,14H,6-7,10H2,1H3,(H,19,22)/t14-,17+/m0/s1. The van der Waals surface area contributed by atoms with Crippen molar-refractivity contribution in [2.45, 2.75) is 30.7 Å². The smallest absolute Gasteiger partial charge is 0.248 e. The summed E-state index contributed by atoms with van der Waals surface area (Å²) in [6, 6.07) is 9.29. The predicted molar refractivity (Wildman–Crippen MR) is 91.1 cm³/mol. The highest BCUT2D eigenvalue weighted by molar-refractivity contribution is 8.01. The highest BCUT2D eigenvalue weighted by Crippen LogP contribution is 2.47. The fourth-order valence-corrected chi connectivity index (χ4v) is 4.81. The number of carbonyl (C=O) groups excluding carboxylic acids is 2. The maximum Gasteiger partial charge on any atom is 0.248 e. The van der Waals surface area contributed by atoms with Gasteiger partial charge in [0.2, 0.25) is 11.8 Å². The Morgan fingerprint density at radius 2 is 2.26 bits per heavy atom. The van der Waals surface area contributed by atoms with E-state index in [0.29, 0.717) is 17.9 Å². The van der Waals surface area contributed by atoms with E-state index in [4.69, 9.17) is 0 Å². The molecule has 2 aliphatic rings. The number of anilines is 1. The number of rotatable bonds is 2. The summed E-state index contributed by atoms with van der Waals surface area (Å²) in [7, 11) is 0. The number of hydrogen-bond donors (Lipinski definition) is 1. The second kappa shape index (κ2) is 5.23. The Balaban J connectivity index is 1.56. The molecule has 1 aromatic heterocycles. The first-order valence-corrected chi connectivity index (χ1v) is 8.67. The van der Waals surface area contributed by atoms with Crippen LogP contribution in [0.3, 0.4) is 0 Å². The van der Waals surface area contributed by atoms with E-state index in [1.807, 2.05) is 37.3 Å². The van der Waals surface area contributed by atoms with Crippen LogP contribution in [0.4, 0.5) is 5.69 Å². The van der Waals surface area contributed by atoms with Gasteiger partial charge in [-0.05, 0) is 25.5 Å². The van der Waals surface area contributed by atoms with Crippen molar-refractivity contribution in [2.75, 3.05) is 11.1 Å². The topological polar surface area (TPSA) is 62.3 Å². The molecular formula is C17H17N3O2S. The molecule has 0 radical (unpaired) electrons. The second-order valence-corrected chi connectivity index (χ2v) is 7.67. The molecule has 0 saturated carbocycles. The SMILES string of the molecule is C[C@@]12CCC(=O)N1[C@H](C(=O)Nc1cnc3ccccc3c1)CS2. The minimum Gasteiger partial charge on any atom is -0.323 e. The van der Waals surface area contributed by atoms with E-state index < -0.39 is 6.04 Å². The molecule has 0 aliphatic carbocycles.